The van der Waals surface area contributed by atoms with Crippen LogP contribution in [0.15, 0.2) is 59.6 Å². The summed E-state index contributed by atoms with van der Waals surface area (Å²) in [5, 5.41) is 2.27. The van der Waals surface area contributed by atoms with Gasteiger partial charge in [0.1, 0.15) is 18.0 Å². The van der Waals surface area contributed by atoms with Crippen LogP contribution in [0.2, 0.25) is 0 Å². The third-order valence-electron chi connectivity index (χ3n) is 9.24. The Kier molecular flexibility index (Phi) is 5.98. The van der Waals surface area contributed by atoms with E-state index in [2.05, 4.69) is 61.2 Å². The number of aromatic nitrogens is 1. The monoisotopic (exact) mass is 500 g/mol. The Morgan fingerprint density at radius 1 is 1.24 bits per heavy atom. The molecule has 0 spiro atoms. The fraction of sp³-hybridized carbons (Fsp3) is 0.516. The van der Waals surface area contributed by atoms with E-state index in [0.29, 0.717) is 6.42 Å². The molecule has 1 aromatic heterocycles. The lowest BCUT2D eigenvalue weighted by Gasteiger charge is -2.48. The van der Waals surface area contributed by atoms with Crippen LogP contribution >= 0.6 is 0 Å². The molecular formula is C31H36N2O4. The highest BCUT2D eigenvalue weighted by molar-refractivity contribution is 6.00. The summed E-state index contributed by atoms with van der Waals surface area (Å²) in [5.74, 6) is 1.36. The number of rotatable bonds is 4. The Balaban J connectivity index is 1.38. The second-order valence-corrected chi connectivity index (χ2v) is 12.0. The maximum atomic E-state index is 13.1. The van der Waals surface area contributed by atoms with Crippen molar-refractivity contribution in [1.29, 1.82) is 0 Å². The van der Waals surface area contributed by atoms with Crippen molar-refractivity contribution in [3.05, 3.63) is 65.2 Å². The minimum Gasteiger partial charge on any atom is -0.489 e. The molecule has 2 saturated carbocycles. The molecule has 0 radical (unpaired) electrons. The highest BCUT2D eigenvalue weighted by Crippen LogP contribution is 2.63. The Morgan fingerprint density at radius 2 is 2.08 bits per heavy atom. The van der Waals surface area contributed by atoms with Gasteiger partial charge in [-0.1, -0.05) is 25.1 Å². The lowest BCUT2D eigenvalue weighted by molar-refractivity contribution is -0.147. The third-order valence-corrected chi connectivity index (χ3v) is 9.24. The first-order valence-corrected chi connectivity index (χ1v) is 13.5. The molecule has 37 heavy (non-hydrogen) atoms. The van der Waals surface area contributed by atoms with Crippen molar-refractivity contribution in [1.82, 2.24) is 9.88 Å². The van der Waals surface area contributed by atoms with Crippen LogP contribution in [0.5, 0.6) is 0 Å². The molecular weight excluding hydrogens is 464 g/mol. The van der Waals surface area contributed by atoms with Gasteiger partial charge in [-0.2, -0.15) is 0 Å². The van der Waals surface area contributed by atoms with E-state index in [1.807, 2.05) is 12.4 Å². The van der Waals surface area contributed by atoms with Gasteiger partial charge in [-0.3, -0.25) is 14.6 Å². The van der Waals surface area contributed by atoms with Crippen LogP contribution in [-0.4, -0.2) is 54.5 Å². The van der Waals surface area contributed by atoms with Gasteiger partial charge in [0.15, 0.2) is 5.78 Å². The van der Waals surface area contributed by atoms with Crippen LogP contribution in [0.3, 0.4) is 0 Å². The van der Waals surface area contributed by atoms with E-state index >= 15 is 0 Å². The van der Waals surface area contributed by atoms with Gasteiger partial charge in [-0.15, -0.1) is 0 Å². The van der Waals surface area contributed by atoms with Crippen LogP contribution in [0.4, 0.5) is 0 Å². The predicted molar refractivity (Wildman–Crippen MR) is 142 cm³/mol. The molecule has 1 aromatic carbocycles. The summed E-state index contributed by atoms with van der Waals surface area (Å²) in [4.78, 5) is 31.8. The summed E-state index contributed by atoms with van der Waals surface area (Å²) >= 11 is 0. The van der Waals surface area contributed by atoms with Crippen molar-refractivity contribution in [3.8, 4) is 0 Å². The maximum Gasteiger partial charge on any atom is 0.302 e. The molecule has 2 aromatic rings. The molecule has 6 atom stereocenters. The molecule has 0 amide bonds. The van der Waals surface area contributed by atoms with Gasteiger partial charge < -0.3 is 14.4 Å². The second-order valence-electron chi connectivity index (χ2n) is 12.0. The summed E-state index contributed by atoms with van der Waals surface area (Å²) in [7, 11) is 4.11. The fourth-order valence-corrected chi connectivity index (χ4v) is 7.78. The van der Waals surface area contributed by atoms with Gasteiger partial charge in [0.25, 0.3) is 0 Å². The average molecular weight is 501 g/mol. The van der Waals surface area contributed by atoms with E-state index in [1.165, 1.54) is 23.4 Å². The van der Waals surface area contributed by atoms with Crippen molar-refractivity contribution < 1.29 is 19.1 Å². The van der Waals surface area contributed by atoms with E-state index in [4.69, 9.17) is 9.47 Å². The van der Waals surface area contributed by atoms with Crippen LogP contribution in [0, 0.1) is 17.3 Å². The molecule has 0 N–H and O–H groups in total. The number of hydrogen-bond acceptors (Lipinski definition) is 6. The number of Topliss-reactive ketones (excluding diaryl/α,β-unsaturated/α-hetero) is 1. The first-order chi connectivity index (χ1) is 17.7. The molecule has 0 saturated heterocycles. The topological polar surface area (TPSA) is 68.7 Å². The molecule has 0 bridgehead atoms. The number of allylic oxidation sites excluding steroid dienone is 3. The zero-order chi connectivity index (χ0) is 25.9. The van der Waals surface area contributed by atoms with Gasteiger partial charge in [-0.25, -0.2) is 0 Å². The summed E-state index contributed by atoms with van der Waals surface area (Å²) < 4.78 is 12.8. The summed E-state index contributed by atoms with van der Waals surface area (Å²) in [6.07, 6.45) is 9.58. The first-order valence-electron chi connectivity index (χ1n) is 13.5. The first kappa shape index (κ1) is 24.4. The molecule has 1 aliphatic heterocycles. The zero-order valence-corrected chi connectivity index (χ0v) is 22.2. The van der Waals surface area contributed by atoms with Crippen LogP contribution in [-0.2, 0) is 19.1 Å². The van der Waals surface area contributed by atoms with Gasteiger partial charge in [0.2, 0.25) is 0 Å². The molecule has 6 rings (SSSR count). The van der Waals surface area contributed by atoms with Crippen molar-refractivity contribution in [2.24, 2.45) is 17.3 Å². The molecule has 2 fully saturated rings. The lowest BCUT2D eigenvalue weighted by atomic mass is 9.60. The number of fused-ring (bicyclic) bond motifs is 4. The van der Waals surface area contributed by atoms with Gasteiger partial charge in [0.05, 0.1) is 5.57 Å². The number of carbonyl (C=O) groups excluding carboxylic acids is 2. The molecule has 194 valence electrons. The number of ketones is 1. The smallest absolute Gasteiger partial charge is 0.302 e. The molecule has 4 aliphatic rings. The van der Waals surface area contributed by atoms with E-state index in [-0.39, 0.29) is 47.1 Å². The van der Waals surface area contributed by atoms with Gasteiger partial charge in [-0.05, 0) is 73.4 Å². The van der Waals surface area contributed by atoms with E-state index in [9.17, 15) is 9.59 Å². The SMILES string of the molecule is CC(=O)OC1C[C@H]2[C@@H]3OC4=C(C=C3CC[C@]2(C)[C@H]1c1cccc2cnccc12)C(=O)CC(CN(C)C)C4. The maximum absolute atomic E-state index is 13.1. The van der Waals surface area contributed by atoms with Crippen molar-refractivity contribution >= 4 is 22.5 Å². The zero-order valence-electron chi connectivity index (χ0n) is 22.2. The van der Waals surface area contributed by atoms with Crippen LogP contribution in [0.25, 0.3) is 10.8 Å². The molecule has 2 heterocycles. The number of hydrogen-bond donors (Lipinski definition) is 0. The minimum absolute atomic E-state index is 0.0579. The second kappa shape index (κ2) is 9.09. The van der Waals surface area contributed by atoms with Crippen LogP contribution in [0.1, 0.15) is 57.4 Å². The highest BCUT2D eigenvalue weighted by Gasteiger charge is 2.60. The Bertz CT molecular complexity index is 1320. The number of pyridine rings is 1. The third kappa shape index (κ3) is 4.10. The summed E-state index contributed by atoms with van der Waals surface area (Å²) in [6, 6.07) is 8.44. The lowest BCUT2D eigenvalue weighted by Crippen LogP contribution is -2.44. The quantitative estimate of drug-likeness (QED) is 0.538. The normalized spacial score (nSPS) is 32.9. The Hall–Kier alpha value is -2.99. The Morgan fingerprint density at radius 3 is 2.86 bits per heavy atom. The molecule has 6 heteroatoms. The number of benzene rings is 1. The number of carbonyl (C=O) groups is 2. The van der Waals surface area contributed by atoms with E-state index in [1.54, 1.807) is 0 Å². The number of nitrogens with zero attached hydrogens (tertiary/aromatic N) is 2. The number of esters is 1. The standard InChI is InChI=1S/C31H36N2O4/c1-18(34)36-28-15-25-30-20(14-24-26(35)12-19(17-33(3)4)13-27(24)37-30)8-10-31(25,2)29(28)23-7-5-6-21-16-32-11-9-22(21)23/h5-7,9,11,14,16,19,25,28-30H,8,10,12-13,15,17H2,1-4H3/t19?,25-,28?,29-,30+,31-/m0/s1. The minimum atomic E-state index is -0.242. The van der Waals surface area contributed by atoms with E-state index in [0.717, 1.165) is 48.9 Å². The largest absolute Gasteiger partial charge is 0.489 e. The molecule has 2 unspecified atom stereocenters. The molecule has 6 nitrogen and oxygen atoms in total. The van der Waals surface area contributed by atoms with Crippen molar-refractivity contribution in [3.63, 3.8) is 0 Å². The van der Waals surface area contributed by atoms with Crippen molar-refractivity contribution in [2.75, 3.05) is 20.6 Å². The highest BCUT2D eigenvalue weighted by atomic mass is 16.5. The van der Waals surface area contributed by atoms with Gasteiger partial charge in [0, 0.05) is 55.9 Å². The summed E-state index contributed by atoms with van der Waals surface area (Å²) in [5.41, 5.74) is 3.13. The molecule has 3 aliphatic carbocycles. The average Bonchev–Trinajstić information content (AvgIpc) is 3.14. The Labute approximate surface area is 218 Å². The van der Waals surface area contributed by atoms with Gasteiger partial charge >= 0.3 is 5.97 Å². The number of ether oxygens (including phenoxy) is 2. The van der Waals surface area contributed by atoms with Crippen LogP contribution < -0.4 is 0 Å². The fourth-order valence-electron chi connectivity index (χ4n) is 7.78. The predicted octanol–water partition coefficient (Wildman–Crippen LogP) is 5.19. The van der Waals surface area contributed by atoms with Crippen molar-refractivity contribution in [2.45, 2.75) is 64.1 Å². The summed E-state index contributed by atoms with van der Waals surface area (Å²) in [6.45, 7) is 4.74. The van der Waals surface area contributed by atoms with E-state index < -0.39 is 0 Å².